The number of rotatable bonds is 6. The van der Waals surface area contributed by atoms with Crippen molar-refractivity contribution in [1.29, 1.82) is 0 Å². The predicted octanol–water partition coefficient (Wildman–Crippen LogP) is 2.71. The molecule has 1 N–H and O–H groups in total. The topological polar surface area (TPSA) is 61.8 Å². The molecule has 1 aliphatic heterocycles. The van der Waals surface area contributed by atoms with Crippen molar-refractivity contribution in [2.45, 2.75) is 39.4 Å². The van der Waals surface area contributed by atoms with Crippen molar-refractivity contribution in [2.75, 3.05) is 44.4 Å². The molecule has 0 aliphatic carbocycles. The largest absolute Gasteiger partial charge is 0.356 e. The SMILES string of the molecule is CN=C(NCC(C)(C)CCS(C)(=O)=O)N1CCSC(C(C)C)C1.I. The van der Waals surface area contributed by atoms with Crippen LogP contribution in [0.25, 0.3) is 0 Å². The van der Waals surface area contributed by atoms with Crippen LogP contribution < -0.4 is 5.32 Å². The molecule has 5 nitrogen and oxygen atoms in total. The molecule has 0 amide bonds. The minimum absolute atomic E-state index is 0. The van der Waals surface area contributed by atoms with E-state index in [0.717, 1.165) is 31.3 Å². The van der Waals surface area contributed by atoms with Crippen molar-refractivity contribution in [1.82, 2.24) is 10.2 Å². The van der Waals surface area contributed by atoms with Gasteiger partial charge in [-0.15, -0.1) is 24.0 Å². The fourth-order valence-electron chi connectivity index (χ4n) is 2.47. The number of aliphatic imine (C=N–C) groups is 1. The lowest BCUT2D eigenvalue weighted by molar-refractivity contribution is 0.330. The molecule has 24 heavy (non-hydrogen) atoms. The highest BCUT2D eigenvalue weighted by Gasteiger charge is 2.26. The molecular formula is C16H34IN3O2S2. The van der Waals surface area contributed by atoms with Gasteiger partial charge in [0, 0.05) is 43.9 Å². The summed E-state index contributed by atoms with van der Waals surface area (Å²) < 4.78 is 22.7. The van der Waals surface area contributed by atoms with E-state index in [9.17, 15) is 8.42 Å². The highest BCUT2D eigenvalue weighted by atomic mass is 127. The van der Waals surface area contributed by atoms with Crippen molar-refractivity contribution in [3.63, 3.8) is 0 Å². The van der Waals surface area contributed by atoms with E-state index in [1.165, 1.54) is 6.26 Å². The standard InChI is InChI=1S/C16H33N3O2S2.HI/c1-13(2)14-11-19(8-9-22-14)15(17-5)18-12-16(3,4)7-10-23(6,20)21;/h13-14H,7-12H2,1-6H3,(H,17,18);1H. The molecule has 0 bridgehead atoms. The third-order valence-electron chi connectivity index (χ3n) is 4.22. The highest BCUT2D eigenvalue weighted by Crippen LogP contribution is 2.25. The molecule has 0 radical (unpaired) electrons. The number of nitrogens with zero attached hydrogens (tertiary/aromatic N) is 2. The Morgan fingerprint density at radius 1 is 1.42 bits per heavy atom. The van der Waals surface area contributed by atoms with Crippen LogP contribution >= 0.6 is 35.7 Å². The van der Waals surface area contributed by atoms with Gasteiger partial charge < -0.3 is 10.2 Å². The summed E-state index contributed by atoms with van der Waals surface area (Å²) in [6.07, 6.45) is 1.95. The van der Waals surface area contributed by atoms with Gasteiger partial charge in [0.25, 0.3) is 0 Å². The predicted molar refractivity (Wildman–Crippen MR) is 118 cm³/mol. The first kappa shape index (κ1) is 24.3. The molecule has 1 unspecified atom stereocenters. The molecule has 1 fully saturated rings. The van der Waals surface area contributed by atoms with E-state index in [4.69, 9.17) is 0 Å². The average Bonchev–Trinajstić information content (AvgIpc) is 2.45. The van der Waals surface area contributed by atoms with Crippen LogP contribution in [-0.4, -0.2) is 69.0 Å². The normalized spacial score (nSPS) is 20.0. The smallest absolute Gasteiger partial charge is 0.193 e. The van der Waals surface area contributed by atoms with Crippen LogP contribution in [0.1, 0.15) is 34.1 Å². The van der Waals surface area contributed by atoms with Crippen LogP contribution in [0.2, 0.25) is 0 Å². The van der Waals surface area contributed by atoms with Crippen molar-refractivity contribution in [2.24, 2.45) is 16.3 Å². The first-order valence-corrected chi connectivity index (χ1v) is 11.4. The Morgan fingerprint density at radius 2 is 2.04 bits per heavy atom. The molecule has 1 atom stereocenters. The Kier molecular flexibility index (Phi) is 10.6. The van der Waals surface area contributed by atoms with E-state index in [-0.39, 0.29) is 35.1 Å². The molecule has 0 aromatic carbocycles. The lowest BCUT2D eigenvalue weighted by Gasteiger charge is -2.37. The van der Waals surface area contributed by atoms with Gasteiger partial charge in [-0.3, -0.25) is 4.99 Å². The molecule has 144 valence electrons. The molecule has 0 saturated carbocycles. The van der Waals surface area contributed by atoms with Crippen molar-refractivity contribution < 1.29 is 8.42 Å². The summed E-state index contributed by atoms with van der Waals surface area (Å²) in [6, 6.07) is 0. The fourth-order valence-corrected chi connectivity index (χ4v) is 4.69. The number of sulfone groups is 1. The van der Waals surface area contributed by atoms with E-state index in [0.29, 0.717) is 17.6 Å². The summed E-state index contributed by atoms with van der Waals surface area (Å²) in [5.41, 5.74) is -0.0823. The summed E-state index contributed by atoms with van der Waals surface area (Å²) in [5, 5.41) is 4.09. The maximum atomic E-state index is 11.4. The van der Waals surface area contributed by atoms with Crippen LogP contribution in [-0.2, 0) is 9.84 Å². The Morgan fingerprint density at radius 3 is 2.54 bits per heavy atom. The lowest BCUT2D eigenvalue weighted by atomic mass is 9.90. The van der Waals surface area contributed by atoms with Crippen molar-refractivity contribution >= 4 is 51.5 Å². The van der Waals surface area contributed by atoms with Gasteiger partial charge in [0.15, 0.2) is 5.96 Å². The average molecular weight is 492 g/mol. The van der Waals surface area contributed by atoms with E-state index in [1.54, 1.807) is 0 Å². The third-order valence-corrected chi connectivity index (χ3v) is 6.71. The first-order valence-electron chi connectivity index (χ1n) is 8.29. The number of hydrogen-bond donors (Lipinski definition) is 1. The quantitative estimate of drug-likeness (QED) is 0.352. The molecule has 8 heteroatoms. The van der Waals surface area contributed by atoms with E-state index in [1.807, 2.05) is 18.8 Å². The lowest BCUT2D eigenvalue weighted by Crippen LogP contribution is -2.50. The molecule has 0 aromatic rings. The number of hydrogen-bond acceptors (Lipinski definition) is 4. The molecule has 0 aromatic heterocycles. The summed E-state index contributed by atoms with van der Waals surface area (Å²) in [7, 11) is -1.09. The maximum Gasteiger partial charge on any atom is 0.193 e. The number of halogens is 1. The summed E-state index contributed by atoms with van der Waals surface area (Å²) in [5.74, 6) is 2.95. The molecular weight excluding hydrogens is 457 g/mol. The van der Waals surface area contributed by atoms with E-state index >= 15 is 0 Å². The van der Waals surface area contributed by atoms with Gasteiger partial charge in [-0.2, -0.15) is 11.8 Å². The van der Waals surface area contributed by atoms with E-state index in [2.05, 4.69) is 42.9 Å². The van der Waals surface area contributed by atoms with Crippen LogP contribution in [0.15, 0.2) is 4.99 Å². The van der Waals surface area contributed by atoms with Gasteiger partial charge in [-0.25, -0.2) is 8.42 Å². The molecule has 0 spiro atoms. The monoisotopic (exact) mass is 491 g/mol. The van der Waals surface area contributed by atoms with Crippen LogP contribution in [0.3, 0.4) is 0 Å². The van der Waals surface area contributed by atoms with Crippen LogP contribution in [0, 0.1) is 11.3 Å². The Balaban J connectivity index is 0.00000529. The molecule has 1 aliphatic rings. The van der Waals surface area contributed by atoms with E-state index < -0.39 is 9.84 Å². The number of guanidine groups is 1. The van der Waals surface area contributed by atoms with Crippen molar-refractivity contribution in [3.8, 4) is 0 Å². The van der Waals surface area contributed by atoms with Crippen molar-refractivity contribution in [3.05, 3.63) is 0 Å². The molecule has 1 heterocycles. The van der Waals surface area contributed by atoms with Gasteiger partial charge in [-0.1, -0.05) is 27.7 Å². The zero-order chi connectivity index (χ0) is 17.7. The zero-order valence-corrected chi connectivity index (χ0v) is 19.8. The minimum Gasteiger partial charge on any atom is -0.356 e. The Hall–Kier alpha value is 0.300. The Labute approximate surface area is 169 Å². The maximum absolute atomic E-state index is 11.4. The van der Waals surface area contributed by atoms with Gasteiger partial charge in [0.05, 0.1) is 5.75 Å². The summed E-state index contributed by atoms with van der Waals surface area (Å²) >= 11 is 2.05. The summed E-state index contributed by atoms with van der Waals surface area (Å²) in [6.45, 7) is 11.5. The highest BCUT2D eigenvalue weighted by molar-refractivity contribution is 14.0. The molecule has 1 rings (SSSR count). The van der Waals surface area contributed by atoms with Gasteiger partial charge in [0.2, 0.25) is 0 Å². The van der Waals surface area contributed by atoms with Gasteiger partial charge in [0.1, 0.15) is 9.84 Å². The van der Waals surface area contributed by atoms with Crippen LogP contribution in [0.5, 0.6) is 0 Å². The Bertz CT molecular complexity index is 507. The van der Waals surface area contributed by atoms with Gasteiger partial charge >= 0.3 is 0 Å². The number of thioether (sulfide) groups is 1. The first-order chi connectivity index (χ1) is 10.5. The second-order valence-corrected chi connectivity index (χ2v) is 11.2. The number of nitrogens with one attached hydrogen (secondary N) is 1. The van der Waals surface area contributed by atoms with Gasteiger partial charge in [-0.05, 0) is 17.8 Å². The minimum atomic E-state index is -2.91. The second kappa shape index (κ2) is 10.4. The zero-order valence-electron chi connectivity index (χ0n) is 15.8. The fraction of sp³-hybridized carbons (Fsp3) is 0.938. The molecule has 1 saturated heterocycles. The second-order valence-electron chi connectivity index (χ2n) is 7.54. The summed E-state index contributed by atoms with van der Waals surface area (Å²) in [4.78, 5) is 6.75. The van der Waals surface area contributed by atoms with Crippen LogP contribution in [0.4, 0.5) is 0 Å². The third kappa shape index (κ3) is 9.12.